The highest BCUT2D eigenvalue weighted by Gasteiger charge is 2.14. The number of ketones is 1. The molecule has 0 unspecified atom stereocenters. The maximum atomic E-state index is 11.9. The highest BCUT2D eigenvalue weighted by Crippen LogP contribution is 2.15. The zero-order valence-electron chi connectivity index (χ0n) is 10.5. The molecule has 1 N–H and O–H groups in total. The van der Waals surface area contributed by atoms with Gasteiger partial charge in [-0.1, -0.05) is 24.1 Å². The first-order chi connectivity index (χ1) is 7.88. The Morgan fingerprint density at radius 2 is 1.65 bits per heavy atom. The molecule has 92 valence electrons. The van der Waals surface area contributed by atoms with Crippen LogP contribution in [-0.4, -0.2) is 16.9 Å². The zero-order chi connectivity index (χ0) is 13.0. The molecule has 3 heteroatoms. The Morgan fingerprint density at radius 1 is 1.12 bits per heavy atom. The lowest BCUT2D eigenvalue weighted by molar-refractivity contribution is -0.137. The van der Waals surface area contributed by atoms with Gasteiger partial charge in [0, 0.05) is 18.4 Å². The Balaban J connectivity index is 2.72. The number of benzene rings is 1. The molecular formula is C14H18O3. The van der Waals surface area contributed by atoms with Crippen LogP contribution in [0.25, 0.3) is 0 Å². The van der Waals surface area contributed by atoms with E-state index in [1.165, 1.54) is 0 Å². The molecule has 0 spiro atoms. The second-order valence-corrected chi connectivity index (χ2v) is 4.71. The van der Waals surface area contributed by atoms with Crippen LogP contribution in [-0.2, 0) is 4.79 Å². The molecule has 1 rings (SSSR count). The molecule has 0 aliphatic heterocycles. The van der Waals surface area contributed by atoms with Crippen LogP contribution >= 0.6 is 0 Å². The summed E-state index contributed by atoms with van der Waals surface area (Å²) in [5.74, 6) is -0.961. The van der Waals surface area contributed by atoms with Crippen LogP contribution in [0, 0.1) is 19.8 Å². The summed E-state index contributed by atoms with van der Waals surface area (Å²) in [6.45, 7) is 5.68. The second-order valence-electron chi connectivity index (χ2n) is 4.71. The summed E-state index contributed by atoms with van der Waals surface area (Å²) in [4.78, 5) is 22.5. The van der Waals surface area contributed by atoms with Crippen molar-refractivity contribution >= 4 is 11.8 Å². The molecular weight excluding hydrogens is 216 g/mol. The molecule has 1 atom stereocenters. The lowest BCUT2D eigenvalue weighted by Crippen LogP contribution is -2.10. The average Bonchev–Trinajstić information content (AvgIpc) is 2.14. The molecule has 17 heavy (non-hydrogen) atoms. The molecule has 0 saturated carbocycles. The van der Waals surface area contributed by atoms with Crippen LogP contribution in [0.15, 0.2) is 18.2 Å². The number of hydrogen-bond donors (Lipinski definition) is 1. The standard InChI is InChI=1S/C14H18O3/c1-9-4-10(2)6-12(5-9)13(15)7-11(3)8-14(16)17/h4-6,11H,7-8H2,1-3H3,(H,16,17)/t11-/m1/s1. The van der Waals surface area contributed by atoms with Gasteiger partial charge >= 0.3 is 5.97 Å². The van der Waals surface area contributed by atoms with Gasteiger partial charge < -0.3 is 5.11 Å². The fourth-order valence-electron chi connectivity index (χ4n) is 1.94. The Hall–Kier alpha value is -1.64. The maximum absolute atomic E-state index is 11.9. The van der Waals surface area contributed by atoms with E-state index in [2.05, 4.69) is 0 Å². The normalized spacial score (nSPS) is 12.2. The number of carbonyl (C=O) groups excluding carboxylic acids is 1. The summed E-state index contributed by atoms with van der Waals surface area (Å²) < 4.78 is 0. The van der Waals surface area contributed by atoms with E-state index in [0.717, 1.165) is 11.1 Å². The molecule has 0 aromatic heterocycles. The lowest BCUT2D eigenvalue weighted by Gasteiger charge is -2.08. The molecule has 0 aliphatic carbocycles. The molecule has 0 fully saturated rings. The predicted octanol–water partition coefficient (Wildman–Crippen LogP) is 2.99. The molecule has 0 bridgehead atoms. The van der Waals surface area contributed by atoms with Gasteiger partial charge in [-0.2, -0.15) is 0 Å². The van der Waals surface area contributed by atoms with E-state index in [1.54, 1.807) is 6.92 Å². The number of carbonyl (C=O) groups is 2. The highest BCUT2D eigenvalue weighted by atomic mass is 16.4. The summed E-state index contributed by atoms with van der Waals surface area (Å²) in [5, 5.41) is 8.64. The molecule has 3 nitrogen and oxygen atoms in total. The van der Waals surface area contributed by atoms with Gasteiger partial charge in [0.1, 0.15) is 0 Å². The molecule has 0 amide bonds. The van der Waals surface area contributed by atoms with E-state index in [-0.39, 0.29) is 24.5 Å². The first-order valence-electron chi connectivity index (χ1n) is 5.71. The third-order valence-electron chi connectivity index (χ3n) is 2.60. The number of Topliss-reactive ketones (excluding diaryl/α,β-unsaturated/α-hetero) is 1. The summed E-state index contributed by atoms with van der Waals surface area (Å²) in [6, 6.07) is 5.71. The van der Waals surface area contributed by atoms with E-state index < -0.39 is 5.97 Å². The van der Waals surface area contributed by atoms with E-state index >= 15 is 0 Å². The monoisotopic (exact) mass is 234 g/mol. The minimum absolute atomic E-state index is 0.0190. The van der Waals surface area contributed by atoms with Crippen molar-refractivity contribution in [1.82, 2.24) is 0 Å². The van der Waals surface area contributed by atoms with Crippen LogP contribution in [0.2, 0.25) is 0 Å². The van der Waals surface area contributed by atoms with Gasteiger partial charge in [-0.3, -0.25) is 9.59 Å². The summed E-state index contributed by atoms with van der Waals surface area (Å²) in [5.41, 5.74) is 2.79. The van der Waals surface area contributed by atoms with Crippen molar-refractivity contribution in [3.05, 3.63) is 34.9 Å². The Kier molecular flexibility index (Phi) is 4.44. The summed E-state index contributed by atoms with van der Waals surface area (Å²) in [7, 11) is 0. The van der Waals surface area contributed by atoms with Gasteiger partial charge in [-0.25, -0.2) is 0 Å². The fourth-order valence-corrected chi connectivity index (χ4v) is 1.94. The quantitative estimate of drug-likeness (QED) is 0.797. The van der Waals surface area contributed by atoms with Gasteiger partial charge in [0.2, 0.25) is 0 Å². The smallest absolute Gasteiger partial charge is 0.303 e. The van der Waals surface area contributed by atoms with Gasteiger partial charge in [0.15, 0.2) is 5.78 Å². The number of carboxylic acid groups (broad SMARTS) is 1. The Morgan fingerprint density at radius 3 is 2.12 bits per heavy atom. The van der Waals surface area contributed by atoms with Crippen LogP contribution < -0.4 is 0 Å². The van der Waals surface area contributed by atoms with E-state index in [9.17, 15) is 9.59 Å². The van der Waals surface area contributed by atoms with Gasteiger partial charge in [0.05, 0.1) is 0 Å². The van der Waals surface area contributed by atoms with Crippen molar-refractivity contribution in [1.29, 1.82) is 0 Å². The van der Waals surface area contributed by atoms with Crippen molar-refractivity contribution in [3.8, 4) is 0 Å². The van der Waals surface area contributed by atoms with Gasteiger partial charge in [-0.15, -0.1) is 0 Å². The van der Waals surface area contributed by atoms with Crippen LogP contribution in [0.3, 0.4) is 0 Å². The molecule has 0 aliphatic rings. The number of aryl methyl sites for hydroxylation is 2. The van der Waals surface area contributed by atoms with Gasteiger partial charge in [0.25, 0.3) is 0 Å². The molecule has 1 aromatic rings. The Bertz CT molecular complexity index is 415. The predicted molar refractivity (Wildman–Crippen MR) is 66.3 cm³/mol. The SMILES string of the molecule is Cc1cc(C)cc(C(=O)C[C@@H](C)CC(=O)O)c1. The second kappa shape index (κ2) is 5.62. The summed E-state index contributed by atoms with van der Waals surface area (Å²) >= 11 is 0. The number of carboxylic acids is 1. The van der Waals surface area contributed by atoms with Crippen molar-refractivity contribution < 1.29 is 14.7 Å². The fraction of sp³-hybridized carbons (Fsp3) is 0.429. The maximum Gasteiger partial charge on any atom is 0.303 e. The lowest BCUT2D eigenvalue weighted by atomic mass is 9.95. The molecule has 0 heterocycles. The van der Waals surface area contributed by atoms with Crippen molar-refractivity contribution in [2.24, 2.45) is 5.92 Å². The van der Waals surface area contributed by atoms with Gasteiger partial charge in [-0.05, 0) is 31.9 Å². The summed E-state index contributed by atoms with van der Waals surface area (Å²) in [6.07, 6.45) is 0.325. The average molecular weight is 234 g/mol. The van der Waals surface area contributed by atoms with E-state index in [0.29, 0.717) is 5.56 Å². The third kappa shape index (κ3) is 4.39. The zero-order valence-corrected chi connectivity index (χ0v) is 10.5. The topological polar surface area (TPSA) is 54.4 Å². The van der Waals surface area contributed by atoms with Crippen LogP contribution in [0.5, 0.6) is 0 Å². The van der Waals surface area contributed by atoms with Crippen LogP contribution in [0.4, 0.5) is 0 Å². The van der Waals surface area contributed by atoms with E-state index in [4.69, 9.17) is 5.11 Å². The third-order valence-corrected chi connectivity index (χ3v) is 2.60. The van der Waals surface area contributed by atoms with E-state index in [1.807, 2.05) is 32.0 Å². The van der Waals surface area contributed by atoms with Crippen LogP contribution in [0.1, 0.15) is 41.3 Å². The first-order valence-corrected chi connectivity index (χ1v) is 5.71. The molecule has 0 saturated heterocycles. The molecule has 1 aromatic carbocycles. The minimum Gasteiger partial charge on any atom is -0.481 e. The number of hydrogen-bond acceptors (Lipinski definition) is 2. The van der Waals surface area contributed by atoms with Crippen molar-refractivity contribution in [2.75, 3.05) is 0 Å². The minimum atomic E-state index is -0.856. The first kappa shape index (κ1) is 13.4. The highest BCUT2D eigenvalue weighted by molar-refractivity contribution is 5.96. The largest absolute Gasteiger partial charge is 0.481 e. The van der Waals surface area contributed by atoms with Crippen molar-refractivity contribution in [2.45, 2.75) is 33.6 Å². The number of aliphatic carboxylic acids is 1. The molecule has 0 radical (unpaired) electrons. The number of rotatable bonds is 5. The van der Waals surface area contributed by atoms with Crippen molar-refractivity contribution in [3.63, 3.8) is 0 Å². The Labute approximate surface area is 101 Å².